The van der Waals surface area contributed by atoms with Crippen molar-refractivity contribution in [2.75, 3.05) is 0 Å². The SMILES string of the molecule is CC(C)(C)OC(=O)c1c2ccccc2cc[n+]1CC(=O)c1ccccc1.FC(F)(F)c1cc([B-](c2cc(C(F)(F)F)cc(C(F)(F)F)c2)(c2cc(C(F)(F)F)cc(C(F)(F)F)c2)c2cc(C(F)(F)F)cc(C(F)(F)F)c2)cc(C(F)(F)F)c1. The second kappa shape index (κ2) is 22.1. The van der Waals surface area contributed by atoms with Crippen LogP contribution in [0.25, 0.3) is 10.8 Å². The largest absolute Gasteiger partial charge is 0.452 e. The third-order valence-corrected chi connectivity index (χ3v) is 12.4. The average Bonchev–Trinajstić information content (AvgIpc) is 2.10. The third kappa shape index (κ3) is 14.9. The van der Waals surface area contributed by atoms with Gasteiger partial charge in [0, 0.05) is 11.6 Å². The first-order chi connectivity index (χ1) is 37.6. The highest BCUT2D eigenvalue weighted by atomic mass is 19.4. The van der Waals surface area contributed by atoms with Gasteiger partial charge in [-0.15, -0.1) is 0 Å². The lowest BCUT2D eigenvalue weighted by atomic mass is 9.12. The number of carbonyl (C=O) groups is 2. The molecule has 0 fully saturated rings. The molecule has 29 heteroatoms. The van der Waals surface area contributed by atoms with Gasteiger partial charge in [0.2, 0.25) is 12.3 Å². The van der Waals surface area contributed by atoms with Gasteiger partial charge >= 0.3 is 55.4 Å². The van der Waals surface area contributed by atoms with E-state index in [1.165, 1.54) is 0 Å². The van der Waals surface area contributed by atoms with Gasteiger partial charge in [0.05, 0.1) is 49.9 Å². The topological polar surface area (TPSA) is 47.2 Å². The molecular weight excluding hydrogens is 1180 g/mol. The zero-order valence-corrected chi connectivity index (χ0v) is 41.8. The Hall–Kier alpha value is -7.75. The van der Waals surface area contributed by atoms with E-state index in [9.17, 15) is 115 Å². The maximum absolute atomic E-state index is 14.2. The van der Waals surface area contributed by atoms with E-state index in [2.05, 4.69) is 0 Å². The maximum atomic E-state index is 14.2. The first-order valence-corrected chi connectivity index (χ1v) is 23.2. The molecule has 0 saturated heterocycles. The fourth-order valence-corrected chi connectivity index (χ4v) is 8.88. The van der Waals surface area contributed by atoms with Crippen LogP contribution in [-0.4, -0.2) is 23.5 Å². The number of rotatable bonds is 8. The molecule has 1 heterocycles. The number of hydrogen-bond donors (Lipinski definition) is 0. The first kappa shape index (κ1) is 64.4. The van der Waals surface area contributed by atoms with Gasteiger partial charge in [-0.25, -0.2) is 4.79 Å². The quantitative estimate of drug-likeness (QED) is 0.0501. The molecule has 1 aromatic heterocycles. The van der Waals surface area contributed by atoms with Crippen LogP contribution in [-0.2, 0) is 60.7 Å². The number of halogens is 24. The summed E-state index contributed by atoms with van der Waals surface area (Å²) in [6.07, 6.45) is -53.0. The lowest BCUT2D eigenvalue weighted by Crippen LogP contribution is -2.75. The summed E-state index contributed by atoms with van der Waals surface area (Å²) in [5, 5.41) is 1.70. The Morgan fingerprint density at radius 1 is 0.386 bits per heavy atom. The summed E-state index contributed by atoms with van der Waals surface area (Å²) in [7, 11) is 0. The van der Waals surface area contributed by atoms with E-state index in [0.717, 1.165) is 10.8 Å². The van der Waals surface area contributed by atoms with Gasteiger partial charge in [0.1, 0.15) is 11.7 Å². The summed E-state index contributed by atoms with van der Waals surface area (Å²) in [5.41, 5.74) is -29.8. The van der Waals surface area contributed by atoms with Gasteiger partial charge in [-0.1, -0.05) is 97.1 Å². The molecule has 444 valence electrons. The van der Waals surface area contributed by atoms with Crippen molar-refractivity contribution in [3.8, 4) is 0 Å². The number of Topliss-reactive ketones (excluding diaryl/α,β-unsaturated/α-hetero) is 1. The molecule has 83 heavy (non-hydrogen) atoms. The number of aromatic nitrogens is 1. The third-order valence-electron chi connectivity index (χ3n) is 12.4. The highest BCUT2D eigenvalue weighted by Crippen LogP contribution is 2.41. The normalized spacial score (nSPS) is 13.4. The molecule has 0 saturated carbocycles. The minimum Gasteiger partial charge on any atom is -0.452 e. The molecule has 0 aliphatic heterocycles. The molecule has 0 spiro atoms. The van der Waals surface area contributed by atoms with E-state index in [1.807, 2.05) is 69.3 Å². The van der Waals surface area contributed by atoms with E-state index < -0.39 is 206 Å². The van der Waals surface area contributed by atoms with Crippen LogP contribution in [0.2, 0.25) is 0 Å². The van der Waals surface area contributed by atoms with E-state index in [1.54, 1.807) is 22.9 Å². The Labute approximate surface area is 451 Å². The number of hydrogen-bond acceptors (Lipinski definition) is 3. The zero-order chi connectivity index (χ0) is 62.6. The summed E-state index contributed by atoms with van der Waals surface area (Å²) in [6.45, 7) is 5.56. The predicted octanol–water partition coefficient (Wildman–Crippen LogP) is 15.2. The van der Waals surface area contributed by atoms with Crippen LogP contribution >= 0.6 is 0 Å². The summed E-state index contributed by atoms with van der Waals surface area (Å²) < 4.78 is 348. The summed E-state index contributed by atoms with van der Waals surface area (Å²) >= 11 is 0. The van der Waals surface area contributed by atoms with E-state index in [0.29, 0.717) is 11.3 Å². The fraction of sp³-hybridized carbons (Fsp3) is 0.241. The van der Waals surface area contributed by atoms with E-state index in [-0.39, 0.29) is 12.3 Å². The number of esters is 1. The van der Waals surface area contributed by atoms with Crippen molar-refractivity contribution in [1.29, 1.82) is 0 Å². The molecule has 4 nitrogen and oxygen atoms in total. The van der Waals surface area contributed by atoms with Gasteiger partial charge < -0.3 is 4.74 Å². The molecule has 0 radical (unpaired) electrons. The molecule has 0 unspecified atom stereocenters. The van der Waals surface area contributed by atoms with E-state index in [4.69, 9.17) is 4.74 Å². The summed E-state index contributed by atoms with van der Waals surface area (Å²) in [4.78, 5) is 25.5. The van der Waals surface area contributed by atoms with Gasteiger partial charge in [0.15, 0.2) is 6.20 Å². The van der Waals surface area contributed by atoms with Crippen molar-refractivity contribution in [3.63, 3.8) is 0 Å². The molecule has 7 rings (SSSR count). The number of nitrogens with zero attached hydrogens (tertiary/aromatic N) is 1. The van der Waals surface area contributed by atoms with Crippen molar-refractivity contribution >= 4 is 50.5 Å². The predicted molar refractivity (Wildman–Crippen MR) is 250 cm³/mol. The second-order valence-electron chi connectivity index (χ2n) is 19.4. The molecule has 7 aromatic rings. The molecule has 0 amide bonds. The Balaban J connectivity index is 0.000000352. The molecule has 0 bridgehead atoms. The van der Waals surface area contributed by atoms with Crippen LogP contribution in [0.5, 0.6) is 0 Å². The number of ketones is 1. The van der Waals surface area contributed by atoms with Crippen LogP contribution in [0.1, 0.15) is 86.1 Å². The first-order valence-electron chi connectivity index (χ1n) is 23.2. The average molecular weight is 1210 g/mol. The van der Waals surface area contributed by atoms with Gasteiger partial charge in [-0.2, -0.15) is 132 Å². The van der Waals surface area contributed by atoms with Gasteiger partial charge in [-0.3, -0.25) is 4.79 Å². The zero-order valence-electron chi connectivity index (χ0n) is 41.8. The number of benzene rings is 6. The van der Waals surface area contributed by atoms with Crippen molar-refractivity contribution < 1.29 is 124 Å². The number of pyridine rings is 1. The van der Waals surface area contributed by atoms with Crippen molar-refractivity contribution in [1.82, 2.24) is 0 Å². The highest BCUT2D eigenvalue weighted by Gasteiger charge is 2.47. The Kier molecular flexibility index (Phi) is 17.2. The summed E-state index contributed by atoms with van der Waals surface area (Å²) in [5.74, 6) is -0.495. The van der Waals surface area contributed by atoms with Crippen molar-refractivity contribution in [2.24, 2.45) is 0 Å². The van der Waals surface area contributed by atoms with Crippen LogP contribution in [0.4, 0.5) is 105 Å². The molecule has 0 atom stereocenters. The van der Waals surface area contributed by atoms with Crippen LogP contribution in [0.15, 0.2) is 140 Å². The standard InChI is InChI=1S/C32H12BF24.C22H22NO3/c34-25(35,36)13-1-14(26(37,38)39)6-21(5-13)33(22-7-15(27(40,41)42)2-16(8-22)28(43,44)45,23-9-17(29(46,47)48)3-18(10-23)30(49,50)51)24-11-19(31(52,53)54)4-20(12-24)32(55,56)57;1-22(2,3)26-21(25)20-18-12-8-7-9-16(18)13-14-23(20)15-19(24)17-10-5-4-6-11-17/h1-12H;4-14H,15H2,1-3H3/q-1;+1. The molecule has 0 N–H and O–H groups in total. The smallest absolute Gasteiger partial charge is 0.416 e. The summed E-state index contributed by atoms with van der Waals surface area (Å²) in [6, 6.07) is 9.77. The minimum atomic E-state index is -6.13. The number of carbonyl (C=O) groups excluding carboxylic acids is 2. The number of ether oxygens (including phenoxy) is 1. The molecule has 6 aromatic carbocycles. The number of fused-ring (bicyclic) bond motifs is 1. The van der Waals surface area contributed by atoms with E-state index >= 15 is 0 Å². The molecular formula is C54H34BF24NO3. The highest BCUT2D eigenvalue weighted by molar-refractivity contribution is 7.20. The monoisotopic (exact) mass is 1210 g/mol. The lowest BCUT2D eigenvalue weighted by molar-refractivity contribution is -0.684. The second-order valence-corrected chi connectivity index (χ2v) is 19.4. The Morgan fingerprint density at radius 2 is 0.663 bits per heavy atom. The van der Waals surface area contributed by atoms with Crippen LogP contribution in [0.3, 0.4) is 0 Å². The lowest BCUT2D eigenvalue weighted by Gasteiger charge is -2.46. The maximum Gasteiger partial charge on any atom is 0.416 e. The van der Waals surface area contributed by atoms with Crippen molar-refractivity contribution in [3.05, 3.63) is 195 Å². The Bertz CT molecular complexity index is 3110. The number of alkyl halides is 24. The van der Waals surface area contributed by atoms with Crippen LogP contribution < -0.4 is 26.4 Å². The van der Waals surface area contributed by atoms with Gasteiger partial charge in [0.25, 0.3) is 5.69 Å². The molecule has 0 aliphatic carbocycles. The van der Waals surface area contributed by atoms with Crippen molar-refractivity contribution in [2.45, 2.75) is 82.3 Å². The fourth-order valence-electron chi connectivity index (χ4n) is 8.88. The van der Waals surface area contributed by atoms with Gasteiger partial charge in [-0.05, 0) is 56.5 Å². The van der Waals surface area contributed by atoms with Crippen LogP contribution in [0, 0.1) is 0 Å². The molecule has 0 aliphatic rings. The minimum absolute atomic E-state index is 0.0595. The Morgan fingerprint density at radius 3 is 0.940 bits per heavy atom.